The van der Waals surface area contributed by atoms with Gasteiger partial charge in [0, 0.05) is 12.9 Å². The molecule has 0 saturated heterocycles. The standard InChI is InChI=1S/C12H15NO5S/c1-2-17-12(16)9(13)10(14)7-3-5-8(6-4-7)11(15)18-19/h3-6,9-10,14,19H,2,13H2,1H3/t9-,10+/m0/s1. The average molecular weight is 285 g/mol. The summed E-state index contributed by atoms with van der Waals surface area (Å²) in [5.74, 6) is -1.30. The van der Waals surface area contributed by atoms with E-state index >= 15 is 0 Å². The van der Waals surface area contributed by atoms with E-state index in [1.54, 1.807) is 6.92 Å². The summed E-state index contributed by atoms with van der Waals surface area (Å²) < 4.78 is 8.97. The van der Waals surface area contributed by atoms with Crippen molar-refractivity contribution in [3.8, 4) is 0 Å². The van der Waals surface area contributed by atoms with Crippen molar-refractivity contribution in [3.05, 3.63) is 35.4 Å². The smallest absolute Gasteiger partial charge is 0.349 e. The first-order chi connectivity index (χ1) is 9.01. The van der Waals surface area contributed by atoms with Crippen LogP contribution in [0.15, 0.2) is 24.3 Å². The predicted octanol–water partition coefficient (Wildman–Crippen LogP) is 0.612. The van der Waals surface area contributed by atoms with Gasteiger partial charge in [-0.1, -0.05) is 12.1 Å². The fourth-order valence-corrected chi connectivity index (χ4v) is 1.55. The minimum absolute atomic E-state index is 0.186. The highest BCUT2D eigenvalue weighted by molar-refractivity contribution is 7.75. The van der Waals surface area contributed by atoms with E-state index in [2.05, 4.69) is 17.1 Å². The molecule has 0 aliphatic carbocycles. The van der Waals surface area contributed by atoms with Gasteiger partial charge in [-0.2, -0.15) is 0 Å². The molecule has 7 heteroatoms. The molecule has 0 aliphatic rings. The van der Waals surface area contributed by atoms with Gasteiger partial charge in [0.2, 0.25) is 0 Å². The number of nitrogens with two attached hydrogens (primary N) is 1. The van der Waals surface area contributed by atoms with E-state index < -0.39 is 24.1 Å². The lowest BCUT2D eigenvalue weighted by atomic mass is 10.0. The summed E-state index contributed by atoms with van der Waals surface area (Å²) in [6.45, 7) is 1.83. The topological polar surface area (TPSA) is 98.9 Å². The molecular formula is C12H15NO5S. The number of rotatable bonds is 5. The molecule has 0 amide bonds. The Bertz CT molecular complexity index is 448. The Morgan fingerprint density at radius 1 is 1.37 bits per heavy atom. The Morgan fingerprint density at radius 2 is 1.95 bits per heavy atom. The SMILES string of the molecule is CCOC(=O)[C@@H](N)[C@H](O)c1ccc(C(=O)OS)cc1. The predicted molar refractivity (Wildman–Crippen MR) is 70.4 cm³/mol. The lowest BCUT2D eigenvalue weighted by molar-refractivity contribution is -0.147. The van der Waals surface area contributed by atoms with Gasteiger partial charge in [-0.3, -0.25) is 4.79 Å². The fraction of sp³-hybridized carbons (Fsp3) is 0.333. The quantitative estimate of drug-likeness (QED) is 0.416. The van der Waals surface area contributed by atoms with E-state index in [-0.39, 0.29) is 12.2 Å². The zero-order chi connectivity index (χ0) is 14.4. The normalized spacial score (nSPS) is 13.5. The largest absolute Gasteiger partial charge is 0.465 e. The molecule has 1 rings (SSSR count). The Hall–Kier alpha value is -1.57. The summed E-state index contributed by atoms with van der Waals surface area (Å²) in [5, 5.41) is 9.92. The van der Waals surface area contributed by atoms with E-state index in [9.17, 15) is 14.7 Å². The molecule has 1 aromatic rings. The maximum Gasteiger partial charge on any atom is 0.349 e. The monoisotopic (exact) mass is 285 g/mol. The molecule has 0 fully saturated rings. The lowest BCUT2D eigenvalue weighted by Crippen LogP contribution is -2.38. The van der Waals surface area contributed by atoms with Crippen LogP contribution in [0, 0.1) is 0 Å². The molecule has 0 radical (unpaired) electrons. The third-order valence-corrected chi connectivity index (χ3v) is 2.64. The summed E-state index contributed by atoms with van der Waals surface area (Å²) in [5.41, 5.74) is 6.25. The molecule has 0 unspecified atom stereocenters. The maximum atomic E-state index is 11.4. The molecule has 0 saturated carbocycles. The van der Waals surface area contributed by atoms with Crippen molar-refractivity contribution in [3.63, 3.8) is 0 Å². The summed E-state index contributed by atoms with van der Waals surface area (Å²) >= 11 is 3.40. The molecule has 0 bridgehead atoms. The molecule has 0 aliphatic heterocycles. The molecule has 104 valence electrons. The highest BCUT2D eigenvalue weighted by Crippen LogP contribution is 2.18. The summed E-state index contributed by atoms with van der Waals surface area (Å²) in [6, 6.07) is 4.65. The van der Waals surface area contributed by atoms with Gasteiger partial charge in [0.25, 0.3) is 0 Å². The Kier molecular flexibility index (Phi) is 5.81. The zero-order valence-electron chi connectivity index (χ0n) is 10.3. The molecule has 0 heterocycles. The van der Waals surface area contributed by atoms with Crippen LogP contribution in [0.25, 0.3) is 0 Å². The van der Waals surface area contributed by atoms with Crippen molar-refractivity contribution >= 4 is 24.8 Å². The third kappa shape index (κ3) is 3.95. The molecule has 1 aromatic carbocycles. The van der Waals surface area contributed by atoms with Crippen LogP contribution in [0.2, 0.25) is 0 Å². The highest BCUT2D eigenvalue weighted by atomic mass is 32.1. The number of aliphatic hydroxyl groups is 1. The van der Waals surface area contributed by atoms with Crippen LogP contribution in [-0.4, -0.2) is 29.7 Å². The van der Waals surface area contributed by atoms with Crippen LogP contribution in [0.5, 0.6) is 0 Å². The van der Waals surface area contributed by atoms with Gasteiger partial charge in [-0.25, -0.2) is 4.79 Å². The zero-order valence-corrected chi connectivity index (χ0v) is 11.2. The van der Waals surface area contributed by atoms with Crippen molar-refractivity contribution in [1.82, 2.24) is 0 Å². The second kappa shape index (κ2) is 7.13. The van der Waals surface area contributed by atoms with Crippen LogP contribution in [-0.2, 0) is 13.7 Å². The first-order valence-electron chi connectivity index (χ1n) is 5.57. The second-order valence-electron chi connectivity index (χ2n) is 3.72. The van der Waals surface area contributed by atoms with Gasteiger partial charge in [0.1, 0.15) is 12.1 Å². The van der Waals surface area contributed by atoms with Gasteiger partial charge in [-0.15, -0.1) is 0 Å². The number of aliphatic hydroxyl groups excluding tert-OH is 1. The Morgan fingerprint density at radius 3 is 2.42 bits per heavy atom. The lowest BCUT2D eigenvalue weighted by Gasteiger charge is -2.17. The molecular weight excluding hydrogens is 270 g/mol. The van der Waals surface area contributed by atoms with E-state index in [1.165, 1.54) is 24.3 Å². The second-order valence-corrected chi connectivity index (χ2v) is 3.91. The van der Waals surface area contributed by atoms with Crippen LogP contribution in [0.3, 0.4) is 0 Å². The number of carbonyl (C=O) groups is 2. The van der Waals surface area contributed by atoms with Gasteiger partial charge >= 0.3 is 11.9 Å². The average Bonchev–Trinajstić information content (AvgIpc) is 2.45. The van der Waals surface area contributed by atoms with Crippen molar-refractivity contribution in [2.24, 2.45) is 5.73 Å². The number of benzene rings is 1. The Balaban J connectivity index is 2.80. The molecule has 19 heavy (non-hydrogen) atoms. The third-order valence-electron chi connectivity index (χ3n) is 2.47. The minimum Gasteiger partial charge on any atom is -0.465 e. The summed E-state index contributed by atoms with van der Waals surface area (Å²) in [6.07, 6.45) is -1.21. The number of thiol groups is 1. The van der Waals surface area contributed by atoms with E-state index in [1.807, 2.05) is 0 Å². The van der Waals surface area contributed by atoms with Crippen LogP contribution in [0.4, 0.5) is 0 Å². The van der Waals surface area contributed by atoms with E-state index in [0.717, 1.165) is 0 Å². The number of hydrogen-bond donors (Lipinski definition) is 3. The van der Waals surface area contributed by atoms with Crippen molar-refractivity contribution < 1.29 is 23.6 Å². The van der Waals surface area contributed by atoms with Gasteiger partial charge in [0.15, 0.2) is 0 Å². The minimum atomic E-state index is -1.21. The van der Waals surface area contributed by atoms with E-state index in [4.69, 9.17) is 10.5 Å². The van der Waals surface area contributed by atoms with Crippen LogP contribution >= 0.6 is 12.9 Å². The summed E-state index contributed by atoms with van der Waals surface area (Å²) in [4.78, 5) is 22.5. The number of hydrogen-bond acceptors (Lipinski definition) is 7. The highest BCUT2D eigenvalue weighted by Gasteiger charge is 2.25. The first kappa shape index (κ1) is 15.5. The number of esters is 1. The van der Waals surface area contributed by atoms with Crippen LogP contribution < -0.4 is 5.73 Å². The maximum absolute atomic E-state index is 11.4. The first-order valence-corrected chi connectivity index (χ1v) is 5.93. The Labute approximate surface area is 116 Å². The number of carbonyl (C=O) groups excluding carboxylic acids is 2. The van der Waals surface area contributed by atoms with Gasteiger partial charge < -0.3 is 19.8 Å². The molecule has 3 N–H and O–H groups in total. The number of ether oxygens (including phenoxy) is 1. The van der Waals surface area contributed by atoms with E-state index in [0.29, 0.717) is 5.56 Å². The van der Waals surface area contributed by atoms with Gasteiger partial charge in [-0.05, 0) is 24.6 Å². The van der Waals surface area contributed by atoms with Crippen LogP contribution in [0.1, 0.15) is 28.9 Å². The van der Waals surface area contributed by atoms with Gasteiger partial charge in [0.05, 0.1) is 12.2 Å². The molecule has 0 spiro atoms. The summed E-state index contributed by atoms with van der Waals surface area (Å²) in [7, 11) is 0. The molecule has 2 atom stereocenters. The molecule has 0 aromatic heterocycles. The molecule has 6 nitrogen and oxygen atoms in total. The van der Waals surface area contributed by atoms with Crippen molar-refractivity contribution in [2.45, 2.75) is 19.1 Å². The van der Waals surface area contributed by atoms with Crippen molar-refractivity contribution in [2.75, 3.05) is 6.61 Å². The van der Waals surface area contributed by atoms with Crippen molar-refractivity contribution in [1.29, 1.82) is 0 Å². The fourth-order valence-electron chi connectivity index (χ4n) is 1.44.